The van der Waals surface area contributed by atoms with Crippen molar-refractivity contribution in [1.82, 2.24) is 0 Å². The number of carbonyl (C=O) groups excluding carboxylic acids is 1. The van der Waals surface area contributed by atoms with Crippen LogP contribution >= 0.6 is 0 Å². The maximum Gasteiger partial charge on any atom is 0.197 e. The number of benzene rings is 4. The van der Waals surface area contributed by atoms with E-state index in [9.17, 15) is 24.9 Å². The van der Waals surface area contributed by atoms with Crippen LogP contribution in [-0.2, 0) is 0 Å². The van der Waals surface area contributed by atoms with Gasteiger partial charge in [-0.05, 0) is 42.0 Å². The van der Waals surface area contributed by atoms with Gasteiger partial charge in [0.15, 0.2) is 11.2 Å². The SMILES string of the molecule is COc1cc(O)c2c(c1)O[C@H](c1ccc(OC)c(-c3c(OC)cc4oc(-c5ccc(O)cc5)cc(=O)c4c3O)c1)CC2=O. The molecular weight excluding hydrogens is 556 g/mol. The van der Waals surface area contributed by atoms with Gasteiger partial charge < -0.3 is 38.7 Å². The molecule has 0 radical (unpaired) electrons. The molecule has 0 saturated carbocycles. The van der Waals surface area contributed by atoms with Gasteiger partial charge in [0.1, 0.15) is 68.6 Å². The van der Waals surface area contributed by atoms with Crippen molar-refractivity contribution in [1.29, 1.82) is 0 Å². The standard InChI is InChI=1S/C33H26O10/c1-39-19-11-21(35)31-22(36)13-26(43-28(31)12-19)17-6-9-24(40-2)20(10-17)30-27(41-3)15-29-32(33(30)38)23(37)14-25(42-29)16-4-7-18(34)8-5-16/h4-12,14-15,26,34-35,38H,13H2,1-3H3/t26-/m0/s1. The lowest BCUT2D eigenvalue weighted by Gasteiger charge is -2.27. The molecule has 10 nitrogen and oxygen atoms in total. The molecule has 6 rings (SSSR count). The van der Waals surface area contributed by atoms with Crippen molar-refractivity contribution in [2.24, 2.45) is 0 Å². The van der Waals surface area contributed by atoms with Gasteiger partial charge in [-0.2, -0.15) is 0 Å². The highest BCUT2D eigenvalue weighted by molar-refractivity contribution is 6.03. The predicted molar refractivity (Wildman–Crippen MR) is 157 cm³/mol. The summed E-state index contributed by atoms with van der Waals surface area (Å²) in [6.07, 6.45) is -0.786. The first-order valence-electron chi connectivity index (χ1n) is 13.2. The average molecular weight is 583 g/mol. The Bertz CT molecular complexity index is 1960. The molecule has 0 saturated heterocycles. The number of phenols is 3. The fraction of sp³-hybridized carbons (Fsp3) is 0.152. The molecule has 0 bridgehead atoms. The van der Waals surface area contributed by atoms with E-state index in [-0.39, 0.29) is 68.8 Å². The number of ether oxygens (including phenoxy) is 4. The molecular formula is C33H26O10. The number of aromatic hydroxyl groups is 3. The monoisotopic (exact) mass is 582 g/mol. The second-order valence-corrected chi connectivity index (χ2v) is 9.91. The third-order valence-electron chi connectivity index (χ3n) is 7.40. The van der Waals surface area contributed by atoms with Gasteiger partial charge in [-0.15, -0.1) is 0 Å². The topological polar surface area (TPSA) is 145 Å². The first kappa shape index (κ1) is 27.5. The summed E-state index contributed by atoms with van der Waals surface area (Å²) in [5, 5.41) is 31.4. The minimum Gasteiger partial charge on any atom is -0.508 e. The van der Waals surface area contributed by atoms with Crippen LogP contribution in [-0.4, -0.2) is 42.4 Å². The normalized spacial score (nSPS) is 14.2. The smallest absolute Gasteiger partial charge is 0.197 e. The van der Waals surface area contributed by atoms with Crippen LogP contribution < -0.4 is 24.4 Å². The third-order valence-corrected chi connectivity index (χ3v) is 7.40. The lowest BCUT2D eigenvalue weighted by atomic mass is 9.92. The molecule has 0 fully saturated rings. The first-order chi connectivity index (χ1) is 20.7. The Balaban J connectivity index is 1.48. The summed E-state index contributed by atoms with van der Waals surface area (Å²) >= 11 is 0. The fourth-order valence-electron chi connectivity index (χ4n) is 5.31. The maximum absolute atomic E-state index is 13.3. The molecule has 4 aromatic carbocycles. The number of carbonyl (C=O) groups is 1. The number of Topliss-reactive ketones (excluding diaryl/α,β-unsaturated/α-hetero) is 1. The average Bonchev–Trinajstić information content (AvgIpc) is 3.00. The number of fused-ring (bicyclic) bond motifs is 2. The highest BCUT2D eigenvalue weighted by Crippen LogP contribution is 2.48. The van der Waals surface area contributed by atoms with Gasteiger partial charge in [0.2, 0.25) is 0 Å². The summed E-state index contributed by atoms with van der Waals surface area (Å²) < 4.78 is 28.6. The molecule has 0 amide bonds. The van der Waals surface area contributed by atoms with Crippen LogP contribution in [0.1, 0.15) is 28.4 Å². The third kappa shape index (κ3) is 4.72. The Morgan fingerprint density at radius 1 is 0.791 bits per heavy atom. The van der Waals surface area contributed by atoms with Gasteiger partial charge in [0, 0.05) is 35.4 Å². The molecule has 1 atom stereocenters. The van der Waals surface area contributed by atoms with Crippen molar-refractivity contribution >= 4 is 16.8 Å². The summed E-state index contributed by atoms with van der Waals surface area (Å²) in [6, 6.07) is 16.9. The van der Waals surface area contributed by atoms with Gasteiger partial charge in [0.05, 0.1) is 33.3 Å². The Morgan fingerprint density at radius 3 is 2.23 bits per heavy atom. The van der Waals surface area contributed by atoms with Gasteiger partial charge in [-0.1, -0.05) is 6.07 Å². The zero-order valence-corrected chi connectivity index (χ0v) is 23.3. The van der Waals surface area contributed by atoms with Gasteiger partial charge in [-0.3, -0.25) is 9.59 Å². The Hall–Kier alpha value is -5.64. The largest absolute Gasteiger partial charge is 0.508 e. The second-order valence-electron chi connectivity index (χ2n) is 9.91. The minimum atomic E-state index is -0.734. The fourth-order valence-corrected chi connectivity index (χ4v) is 5.31. The van der Waals surface area contributed by atoms with E-state index in [0.29, 0.717) is 28.2 Å². The number of methoxy groups -OCH3 is 3. The number of rotatable bonds is 6. The number of phenolic OH excluding ortho intramolecular Hbond substituents is 3. The van der Waals surface area contributed by atoms with Crippen molar-refractivity contribution in [3.63, 3.8) is 0 Å². The lowest BCUT2D eigenvalue weighted by Crippen LogP contribution is -2.20. The molecule has 3 N–H and O–H groups in total. The van der Waals surface area contributed by atoms with Gasteiger partial charge >= 0.3 is 0 Å². The van der Waals surface area contributed by atoms with Gasteiger partial charge in [-0.25, -0.2) is 0 Å². The minimum absolute atomic E-state index is 0.0525. The van der Waals surface area contributed by atoms with Crippen LogP contribution in [0.25, 0.3) is 33.4 Å². The van der Waals surface area contributed by atoms with E-state index in [1.165, 1.54) is 57.7 Å². The Morgan fingerprint density at radius 2 is 1.53 bits per heavy atom. The van der Waals surface area contributed by atoms with Crippen LogP contribution in [0, 0.1) is 0 Å². The van der Waals surface area contributed by atoms with E-state index < -0.39 is 11.5 Å². The van der Waals surface area contributed by atoms with E-state index >= 15 is 0 Å². The molecule has 1 aliphatic heterocycles. The Labute approximate surface area is 244 Å². The van der Waals surface area contributed by atoms with E-state index in [1.807, 2.05) is 0 Å². The summed E-state index contributed by atoms with van der Waals surface area (Å²) in [4.78, 5) is 26.3. The number of ketones is 1. The molecule has 2 heterocycles. The van der Waals surface area contributed by atoms with Crippen molar-refractivity contribution < 1.29 is 43.5 Å². The molecule has 218 valence electrons. The Kier molecular flexibility index (Phi) is 6.81. The molecule has 10 heteroatoms. The summed E-state index contributed by atoms with van der Waals surface area (Å²) in [5.74, 6) is 0.475. The summed E-state index contributed by atoms with van der Waals surface area (Å²) in [6.45, 7) is 0. The second kappa shape index (κ2) is 10.6. The van der Waals surface area contributed by atoms with Crippen LogP contribution in [0.3, 0.4) is 0 Å². The first-order valence-corrected chi connectivity index (χ1v) is 13.2. The van der Waals surface area contributed by atoms with E-state index in [1.54, 1.807) is 30.3 Å². The summed E-state index contributed by atoms with van der Waals surface area (Å²) in [7, 11) is 4.33. The molecule has 1 aromatic heterocycles. The maximum atomic E-state index is 13.3. The molecule has 5 aromatic rings. The highest BCUT2D eigenvalue weighted by atomic mass is 16.5. The molecule has 1 aliphatic rings. The van der Waals surface area contributed by atoms with Crippen LogP contribution in [0.4, 0.5) is 0 Å². The molecule has 0 spiro atoms. The summed E-state index contributed by atoms with van der Waals surface area (Å²) in [5.41, 5.74) is 1.38. The number of hydrogen-bond donors (Lipinski definition) is 3. The van der Waals surface area contributed by atoms with Crippen LogP contribution in [0.5, 0.6) is 40.2 Å². The lowest BCUT2D eigenvalue weighted by molar-refractivity contribution is 0.0844. The van der Waals surface area contributed by atoms with E-state index in [2.05, 4.69) is 0 Å². The number of hydrogen-bond acceptors (Lipinski definition) is 10. The van der Waals surface area contributed by atoms with Crippen molar-refractivity contribution in [2.45, 2.75) is 12.5 Å². The zero-order chi connectivity index (χ0) is 30.4. The van der Waals surface area contributed by atoms with E-state index in [4.69, 9.17) is 23.4 Å². The molecule has 0 unspecified atom stereocenters. The van der Waals surface area contributed by atoms with Gasteiger partial charge in [0.25, 0.3) is 0 Å². The quantitative estimate of drug-likeness (QED) is 0.219. The van der Waals surface area contributed by atoms with Crippen molar-refractivity contribution in [2.75, 3.05) is 21.3 Å². The van der Waals surface area contributed by atoms with E-state index in [0.717, 1.165) is 0 Å². The molecule has 43 heavy (non-hydrogen) atoms. The van der Waals surface area contributed by atoms with Crippen molar-refractivity contribution in [3.8, 4) is 62.7 Å². The molecule has 0 aliphatic carbocycles. The van der Waals surface area contributed by atoms with Crippen LogP contribution in [0.2, 0.25) is 0 Å². The highest BCUT2D eigenvalue weighted by Gasteiger charge is 2.32. The zero-order valence-electron chi connectivity index (χ0n) is 23.3. The van der Waals surface area contributed by atoms with Crippen LogP contribution in [0.15, 0.2) is 75.9 Å². The van der Waals surface area contributed by atoms with Crippen molar-refractivity contribution in [3.05, 3.63) is 88.1 Å². The predicted octanol–water partition coefficient (Wildman–Crippen LogP) is 5.98.